The standard InChI is InChI=1S/C23H24N4O3S/c24-22(28)19-14-26(16-25-19)13-18(30-15-17-7-2-1-3-8-17)9-6-12-27-20-10-4-5-11-21(20)31-23(27)29/h1-5,7-8,10-11,14,16,18H,6,9,12-13,15H2,(H2,24,28). The summed E-state index contributed by atoms with van der Waals surface area (Å²) in [5.41, 5.74) is 7.61. The Balaban J connectivity index is 1.43. The van der Waals surface area contributed by atoms with Crippen LogP contribution in [0.25, 0.3) is 10.2 Å². The predicted molar refractivity (Wildman–Crippen MR) is 121 cm³/mol. The zero-order chi connectivity index (χ0) is 21.6. The maximum absolute atomic E-state index is 12.4. The largest absolute Gasteiger partial charge is 0.372 e. The third kappa shape index (κ3) is 5.28. The van der Waals surface area contributed by atoms with Gasteiger partial charge < -0.3 is 15.0 Å². The van der Waals surface area contributed by atoms with Crippen LogP contribution >= 0.6 is 11.3 Å². The van der Waals surface area contributed by atoms with Crippen molar-refractivity contribution in [2.75, 3.05) is 0 Å². The van der Waals surface area contributed by atoms with Crippen molar-refractivity contribution in [3.8, 4) is 0 Å². The number of carbonyl (C=O) groups excluding carboxylic acids is 1. The molecule has 1 amide bonds. The molecule has 0 aliphatic heterocycles. The first-order chi connectivity index (χ1) is 15.1. The van der Waals surface area contributed by atoms with Gasteiger partial charge in [0.05, 0.1) is 29.3 Å². The average Bonchev–Trinajstić information content (AvgIpc) is 3.37. The quantitative estimate of drug-likeness (QED) is 0.412. The van der Waals surface area contributed by atoms with Gasteiger partial charge in [-0.05, 0) is 30.5 Å². The van der Waals surface area contributed by atoms with Crippen molar-refractivity contribution in [2.24, 2.45) is 5.73 Å². The van der Waals surface area contributed by atoms with E-state index < -0.39 is 5.91 Å². The Kier molecular flexibility index (Phi) is 6.59. The van der Waals surface area contributed by atoms with Gasteiger partial charge in [-0.2, -0.15) is 0 Å². The lowest BCUT2D eigenvalue weighted by Crippen LogP contribution is -2.21. The highest BCUT2D eigenvalue weighted by Crippen LogP contribution is 2.18. The zero-order valence-corrected chi connectivity index (χ0v) is 17.8. The highest BCUT2D eigenvalue weighted by atomic mass is 32.1. The molecule has 1 atom stereocenters. The van der Waals surface area contributed by atoms with Gasteiger partial charge in [-0.1, -0.05) is 53.8 Å². The molecular formula is C23H24N4O3S. The summed E-state index contributed by atoms with van der Waals surface area (Å²) < 4.78 is 10.8. The molecule has 2 heterocycles. The Morgan fingerprint density at radius 2 is 1.90 bits per heavy atom. The molecule has 0 radical (unpaired) electrons. The molecule has 2 aromatic carbocycles. The third-order valence-electron chi connectivity index (χ3n) is 5.11. The van der Waals surface area contributed by atoms with Crippen molar-refractivity contribution in [1.82, 2.24) is 14.1 Å². The summed E-state index contributed by atoms with van der Waals surface area (Å²) in [6.07, 6.45) is 4.68. The smallest absolute Gasteiger partial charge is 0.308 e. The number of fused-ring (bicyclic) bond motifs is 1. The summed E-state index contributed by atoms with van der Waals surface area (Å²) in [6, 6.07) is 17.8. The zero-order valence-electron chi connectivity index (χ0n) is 17.0. The van der Waals surface area contributed by atoms with E-state index in [2.05, 4.69) is 4.98 Å². The van der Waals surface area contributed by atoms with Crippen LogP contribution in [0.1, 0.15) is 28.9 Å². The number of imidazole rings is 1. The first-order valence-corrected chi connectivity index (χ1v) is 11.0. The van der Waals surface area contributed by atoms with Crippen molar-refractivity contribution < 1.29 is 9.53 Å². The van der Waals surface area contributed by atoms with Gasteiger partial charge in [0.2, 0.25) is 0 Å². The number of thiazole rings is 1. The molecule has 0 spiro atoms. The summed E-state index contributed by atoms with van der Waals surface area (Å²) in [5.74, 6) is -0.552. The molecule has 0 fully saturated rings. The van der Waals surface area contributed by atoms with Crippen LogP contribution in [0.2, 0.25) is 0 Å². The number of aryl methyl sites for hydroxylation is 1. The minimum Gasteiger partial charge on any atom is -0.372 e. The van der Waals surface area contributed by atoms with Gasteiger partial charge >= 0.3 is 4.87 Å². The van der Waals surface area contributed by atoms with Gasteiger partial charge in [0.25, 0.3) is 5.91 Å². The number of hydrogen-bond acceptors (Lipinski definition) is 5. The van der Waals surface area contributed by atoms with E-state index >= 15 is 0 Å². The predicted octanol–water partition coefficient (Wildman–Crippen LogP) is 3.42. The highest BCUT2D eigenvalue weighted by Gasteiger charge is 2.14. The summed E-state index contributed by atoms with van der Waals surface area (Å²) >= 11 is 1.27. The molecule has 0 saturated carbocycles. The lowest BCUT2D eigenvalue weighted by atomic mass is 10.1. The summed E-state index contributed by atoms with van der Waals surface area (Å²) in [7, 11) is 0. The Morgan fingerprint density at radius 3 is 2.68 bits per heavy atom. The molecule has 31 heavy (non-hydrogen) atoms. The Morgan fingerprint density at radius 1 is 1.13 bits per heavy atom. The van der Waals surface area contributed by atoms with Gasteiger partial charge in [-0.15, -0.1) is 0 Å². The molecular weight excluding hydrogens is 412 g/mol. The van der Waals surface area contributed by atoms with E-state index in [1.54, 1.807) is 12.5 Å². The number of nitrogens with zero attached hydrogens (tertiary/aromatic N) is 3. The maximum atomic E-state index is 12.4. The molecule has 4 aromatic rings. The van der Waals surface area contributed by atoms with Crippen molar-refractivity contribution >= 4 is 27.5 Å². The van der Waals surface area contributed by atoms with E-state index in [9.17, 15) is 9.59 Å². The lowest BCUT2D eigenvalue weighted by molar-refractivity contribution is 0.0218. The van der Waals surface area contributed by atoms with E-state index in [1.165, 1.54) is 11.3 Å². The second-order valence-electron chi connectivity index (χ2n) is 7.37. The molecule has 7 nitrogen and oxygen atoms in total. The Labute approximate surface area is 183 Å². The number of rotatable bonds is 10. The molecule has 4 rings (SSSR count). The topological polar surface area (TPSA) is 92.1 Å². The number of ether oxygens (including phenoxy) is 1. The molecule has 160 valence electrons. The first-order valence-electron chi connectivity index (χ1n) is 10.2. The van der Waals surface area contributed by atoms with Crippen LogP contribution < -0.4 is 10.6 Å². The van der Waals surface area contributed by atoms with E-state index in [-0.39, 0.29) is 16.7 Å². The maximum Gasteiger partial charge on any atom is 0.308 e. The number of benzene rings is 2. The molecule has 0 saturated heterocycles. The van der Waals surface area contributed by atoms with Gasteiger partial charge in [0.15, 0.2) is 0 Å². The summed E-state index contributed by atoms with van der Waals surface area (Å²) in [6.45, 7) is 1.67. The van der Waals surface area contributed by atoms with Crippen LogP contribution in [0.4, 0.5) is 0 Å². The Hall–Kier alpha value is -3.23. The molecule has 2 N–H and O–H groups in total. The normalized spacial score (nSPS) is 12.3. The van der Waals surface area contributed by atoms with E-state index in [0.717, 1.165) is 28.6 Å². The van der Waals surface area contributed by atoms with Crippen LogP contribution in [0.3, 0.4) is 0 Å². The van der Waals surface area contributed by atoms with Crippen LogP contribution in [0, 0.1) is 0 Å². The van der Waals surface area contributed by atoms with Crippen molar-refractivity contribution in [3.05, 3.63) is 88.0 Å². The van der Waals surface area contributed by atoms with Crippen LogP contribution in [-0.4, -0.2) is 26.1 Å². The Bertz CT molecular complexity index is 1210. The molecule has 8 heteroatoms. The first kappa shape index (κ1) is 21.0. The van der Waals surface area contributed by atoms with Crippen molar-refractivity contribution in [2.45, 2.75) is 38.6 Å². The van der Waals surface area contributed by atoms with Gasteiger partial charge in [0, 0.05) is 19.3 Å². The fourth-order valence-electron chi connectivity index (χ4n) is 3.54. The fraction of sp³-hybridized carbons (Fsp3) is 0.261. The van der Waals surface area contributed by atoms with Crippen molar-refractivity contribution in [1.29, 1.82) is 0 Å². The third-order valence-corrected chi connectivity index (χ3v) is 6.07. The summed E-state index contributed by atoms with van der Waals surface area (Å²) in [4.78, 5) is 27.8. The van der Waals surface area contributed by atoms with Gasteiger partial charge in [0.1, 0.15) is 5.69 Å². The number of nitrogens with two attached hydrogens (primary N) is 1. The van der Waals surface area contributed by atoms with Crippen LogP contribution in [0.15, 0.2) is 71.9 Å². The summed E-state index contributed by atoms with van der Waals surface area (Å²) in [5, 5.41) is 0. The minimum absolute atomic E-state index is 0.0589. The number of amides is 1. The number of primary amides is 1. The molecule has 0 aliphatic carbocycles. The molecule has 0 aliphatic rings. The molecule has 0 bridgehead atoms. The second kappa shape index (κ2) is 9.72. The highest BCUT2D eigenvalue weighted by molar-refractivity contribution is 7.16. The fourth-order valence-corrected chi connectivity index (χ4v) is 4.46. The van der Waals surface area contributed by atoms with Crippen molar-refractivity contribution in [3.63, 3.8) is 0 Å². The number of para-hydroxylation sites is 1. The van der Waals surface area contributed by atoms with Gasteiger partial charge in [-0.3, -0.25) is 14.2 Å². The number of aromatic nitrogens is 3. The lowest BCUT2D eigenvalue weighted by Gasteiger charge is -2.19. The average molecular weight is 437 g/mol. The van der Waals surface area contributed by atoms with E-state index in [0.29, 0.717) is 19.7 Å². The van der Waals surface area contributed by atoms with Gasteiger partial charge in [-0.25, -0.2) is 4.98 Å². The van der Waals surface area contributed by atoms with Crippen LogP contribution in [0.5, 0.6) is 0 Å². The SMILES string of the molecule is NC(=O)c1cn(CC(CCCn2c(=O)sc3ccccc32)OCc2ccccc2)cn1. The molecule has 2 aromatic heterocycles. The van der Waals surface area contributed by atoms with E-state index in [1.807, 2.05) is 63.7 Å². The molecule has 1 unspecified atom stereocenters. The number of carbonyl (C=O) groups is 1. The number of hydrogen-bond donors (Lipinski definition) is 1. The minimum atomic E-state index is -0.552. The monoisotopic (exact) mass is 436 g/mol. The van der Waals surface area contributed by atoms with Crippen LogP contribution in [-0.2, 0) is 24.4 Å². The van der Waals surface area contributed by atoms with E-state index in [4.69, 9.17) is 10.5 Å². The second-order valence-corrected chi connectivity index (χ2v) is 8.36.